The number of carbonyl (C=O) groups excluding carboxylic acids is 1. The van der Waals surface area contributed by atoms with Crippen molar-refractivity contribution in [3.05, 3.63) is 17.7 Å². The molecule has 2 heterocycles. The van der Waals surface area contributed by atoms with E-state index in [9.17, 15) is 4.79 Å². The molecule has 6 nitrogen and oxygen atoms in total. The van der Waals surface area contributed by atoms with Crippen LogP contribution in [0.25, 0.3) is 0 Å². The molecule has 126 valence electrons. The monoisotopic (exact) mass is 320 g/mol. The Morgan fingerprint density at radius 3 is 2.78 bits per heavy atom. The van der Waals surface area contributed by atoms with Crippen LogP contribution in [0.15, 0.2) is 6.20 Å². The predicted molar refractivity (Wildman–Crippen MR) is 84.9 cm³/mol. The minimum Gasteiger partial charge on any atom is -0.361 e. The van der Waals surface area contributed by atoms with Gasteiger partial charge in [0.25, 0.3) is 0 Å². The molecular formula is C17H24N2O4. The van der Waals surface area contributed by atoms with Crippen LogP contribution in [0.2, 0.25) is 0 Å². The summed E-state index contributed by atoms with van der Waals surface area (Å²) in [7, 11) is 0. The van der Waals surface area contributed by atoms with Gasteiger partial charge in [-0.25, -0.2) is 4.98 Å². The number of hydrogen-bond acceptors (Lipinski definition) is 5. The molecule has 0 N–H and O–H groups in total. The van der Waals surface area contributed by atoms with Crippen molar-refractivity contribution in [2.45, 2.75) is 59.2 Å². The molecule has 0 radical (unpaired) electrons. The summed E-state index contributed by atoms with van der Waals surface area (Å²) in [5, 5.41) is 0. The average Bonchev–Trinajstić information content (AvgIpc) is 3.15. The van der Waals surface area contributed by atoms with E-state index in [4.69, 9.17) is 14.2 Å². The van der Waals surface area contributed by atoms with Gasteiger partial charge in [0.05, 0.1) is 6.61 Å². The smallest absolute Gasteiger partial charge is 0.195 e. The Balaban J connectivity index is 2.11. The average molecular weight is 320 g/mol. The normalized spacial score (nSPS) is 19.4. The van der Waals surface area contributed by atoms with E-state index in [1.807, 2.05) is 20.8 Å². The van der Waals surface area contributed by atoms with Gasteiger partial charge in [0.2, 0.25) is 0 Å². The van der Waals surface area contributed by atoms with E-state index in [1.165, 1.54) is 6.92 Å². The third kappa shape index (κ3) is 4.20. The zero-order valence-electron chi connectivity index (χ0n) is 14.2. The summed E-state index contributed by atoms with van der Waals surface area (Å²) >= 11 is 0. The van der Waals surface area contributed by atoms with Crippen molar-refractivity contribution in [3.8, 4) is 11.8 Å². The molecule has 23 heavy (non-hydrogen) atoms. The lowest BCUT2D eigenvalue weighted by molar-refractivity contribution is -0.166. The lowest BCUT2D eigenvalue weighted by Crippen LogP contribution is -2.28. The zero-order chi connectivity index (χ0) is 16.9. The molecule has 1 aromatic heterocycles. The van der Waals surface area contributed by atoms with Crippen LogP contribution in [0.1, 0.15) is 56.8 Å². The molecule has 1 aromatic rings. The van der Waals surface area contributed by atoms with Gasteiger partial charge in [0.1, 0.15) is 18.5 Å². The minimum atomic E-state index is -0.516. The second-order valence-corrected chi connectivity index (χ2v) is 5.40. The third-order valence-corrected chi connectivity index (χ3v) is 3.82. The fraction of sp³-hybridized carbons (Fsp3) is 0.647. The topological polar surface area (TPSA) is 62.6 Å². The van der Waals surface area contributed by atoms with Crippen molar-refractivity contribution in [1.82, 2.24) is 9.55 Å². The van der Waals surface area contributed by atoms with Crippen LogP contribution >= 0.6 is 0 Å². The third-order valence-electron chi connectivity index (χ3n) is 3.82. The van der Waals surface area contributed by atoms with E-state index in [1.54, 1.807) is 10.8 Å². The fourth-order valence-electron chi connectivity index (χ4n) is 2.45. The number of ketones is 1. The Kier molecular flexibility index (Phi) is 5.94. The Morgan fingerprint density at radius 2 is 2.22 bits per heavy atom. The highest BCUT2D eigenvalue weighted by Gasteiger charge is 2.37. The molecule has 1 saturated heterocycles. The van der Waals surface area contributed by atoms with Gasteiger partial charge in [-0.2, -0.15) is 0 Å². The number of Topliss-reactive ketones (excluding diaryl/α,β-unsaturated/α-hetero) is 1. The molecule has 2 rings (SSSR count). The highest BCUT2D eigenvalue weighted by molar-refractivity contribution is 5.90. The molecule has 1 aliphatic heterocycles. The second-order valence-electron chi connectivity index (χ2n) is 5.40. The van der Waals surface area contributed by atoms with E-state index in [2.05, 4.69) is 16.8 Å². The SMILES string of the molecule is CCOCn1cc(C#C[C@H]2COC(CC)(CC)O2)nc1C(C)=O. The lowest BCUT2D eigenvalue weighted by Gasteiger charge is -2.23. The molecule has 1 fully saturated rings. The summed E-state index contributed by atoms with van der Waals surface area (Å²) < 4.78 is 18.6. The summed E-state index contributed by atoms with van der Waals surface area (Å²) in [6.07, 6.45) is 3.04. The first-order valence-electron chi connectivity index (χ1n) is 8.02. The number of ether oxygens (including phenoxy) is 3. The van der Waals surface area contributed by atoms with Gasteiger partial charge in [0, 0.05) is 19.7 Å². The molecule has 0 spiro atoms. The molecular weight excluding hydrogens is 296 g/mol. The van der Waals surface area contributed by atoms with Crippen LogP contribution in [0.4, 0.5) is 0 Å². The van der Waals surface area contributed by atoms with Crippen molar-refractivity contribution < 1.29 is 19.0 Å². The minimum absolute atomic E-state index is 0.116. The van der Waals surface area contributed by atoms with Crippen molar-refractivity contribution in [1.29, 1.82) is 0 Å². The predicted octanol–water partition coefficient (Wildman–Crippen LogP) is 2.36. The molecule has 0 aromatic carbocycles. The van der Waals surface area contributed by atoms with Gasteiger partial charge < -0.3 is 18.8 Å². The Labute approximate surface area is 137 Å². The van der Waals surface area contributed by atoms with Gasteiger partial charge in [-0.05, 0) is 25.7 Å². The standard InChI is InChI=1S/C17H24N2O4/c1-5-17(6-2)22-11-15(23-17)9-8-14-10-19(12-21-7-3)16(18-14)13(4)20/h10,15H,5-7,11-12H2,1-4H3/t15-/m0/s1. The number of aromatic nitrogens is 2. The molecule has 1 atom stereocenters. The van der Waals surface area contributed by atoms with E-state index >= 15 is 0 Å². The summed E-state index contributed by atoms with van der Waals surface area (Å²) in [5.41, 5.74) is 0.531. The summed E-state index contributed by atoms with van der Waals surface area (Å²) in [6.45, 7) is 8.76. The van der Waals surface area contributed by atoms with Crippen LogP contribution < -0.4 is 0 Å². The maximum absolute atomic E-state index is 11.6. The lowest BCUT2D eigenvalue weighted by atomic mass is 10.1. The van der Waals surface area contributed by atoms with Crippen LogP contribution in [0, 0.1) is 11.8 Å². The fourth-order valence-corrected chi connectivity index (χ4v) is 2.45. The van der Waals surface area contributed by atoms with E-state index in [0.29, 0.717) is 24.7 Å². The molecule has 1 aliphatic rings. The Bertz CT molecular complexity index is 608. The first-order valence-corrected chi connectivity index (χ1v) is 8.02. The second kappa shape index (κ2) is 7.73. The highest BCUT2D eigenvalue weighted by Crippen LogP contribution is 2.29. The Hall–Kier alpha value is -1.68. The van der Waals surface area contributed by atoms with E-state index in [-0.39, 0.29) is 18.6 Å². The Morgan fingerprint density at radius 1 is 1.48 bits per heavy atom. The number of imidazole rings is 1. The van der Waals surface area contributed by atoms with Crippen LogP contribution in [0.5, 0.6) is 0 Å². The van der Waals surface area contributed by atoms with Crippen molar-refractivity contribution >= 4 is 5.78 Å². The van der Waals surface area contributed by atoms with Gasteiger partial charge in [-0.15, -0.1) is 0 Å². The van der Waals surface area contributed by atoms with Crippen molar-refractivity contribution in [3.63, 3.8) is 0 Å². The molecule has 6 heteroatoms. The molecule has 0 aliphatic carbocycles. The van der Waals surface area contributed by atoms with Gasteiger partial charge in [-0.1, -0.05) is 19.8 Å². The van der Waals surface area contributed by atoms with Crippen LogP contribution in [-0.4, -0.2) is 40.4 Å². The van der Waals surface area contributed by atoms with E-state index in [0.717, 1.165) is 12.8 Å². The van der Waals surface area contributed by atoms with Crippen molar-refractivity contribution in [2.24, 2.45) is 0 Å². The maximum Gasteiger partial charge on any atom is 0.195 e. The largest absolute Gasteiger partial charge is 0.361 e. The highest BCUT2D eigenvalue weighted by atomic mass is 16.7. The molecule has 0 amide bonds. The number of nitrogens with zero attached hydrogens (tertiary/aromatic N) is 2. The van der Waals surface area contributed by atoms with E-state index < -0.39 is 5.79 Å². The van der Waals surface area contributed by atoms with Crippen LogP contribution in [-0.2, 0) is 20.9 Å². The van der Waals surface area contributed by atoms with Crippen LogP contribution in [0.3, 0.4) is 0 Å². The first kappa shape index (κ1) is 17.7. The van der Waals surface area contributed by atoms with Gasteiger partial charge in [-0.3, -0.25) is 4.79 Å². The molecule has 0 bridgehead atoms. The summed E-state index contributed by atoms with van der Waals surface area (Å²) in [6, 6.07) is 0. The number of rotatable bonds is 6. The molecule has 0 saturated carbocycles. The summed E-state index contributed by atoms with van der Waals surface area (Å²) in [5.74, 6) is 5.72. The number of hydrogen-bond donors (Lipinski definition) is 0. The number of carbonyl (C=O) groups is 1. The molecule has 0 unspecified atom stereocenters. The summed E-state index contributed by atoms with van der Waals surface area (Å²) in [4.78, 5) is 15.9. The van der Waals surface area contributed by atoms with Gasteiger partial charge >= 0.3 is 0 Å². The van der Waals surface area contributed by atoms with Gasteiger partial charge in [0.15, 0.2) is 17.4 Å². The maximum atomic E-state index is 11.6. The zero-order valence-corrected chi connectivity index (χ0v) is 14.2. The quantitative estimate of drug-likeness (QED) is 0.595. The van der Waals surface area contributed by atoms with Crippen molar-refractivity contribution in [2.75, 3.05) is 13.2 Å². The first-order chi connectivity index (χ1) is 11.0.